The smallest absolute Gasteiger partial charge is 0.264 e. The predicted octanol–water partition coefficient (Wildman–Crippen LogP) is 5.98. The van der Waals surface area contributed by atoms with Gasteiger partial charge in [0.25, 0.3) is 5.78 Å². The molecule has 0 bridgehead atoms. The van der Waals surface area contributed by atoms with Gasteiger partial charge in [-0.25, -0.2) is 0 Å². The molecule has 0 aliphatic rings. The van der Waals surface area contributed by atoms with Gasteiger partial charge in [-0.1, -0.05) is 90.9 Å². The average Bonchev–Trinajstić information content (AvgIpc) is 2.59. The minimum atomic E-state index is -0.757. The second-order valence-corrected chi connectivity index (χ2v) is 6.92. The Labute approximate surface area is 149 Å². The zero-order chi connectivity index (χ0) is 18.0. The van der Waals surface area contributed by atoms with Crippen molar-refractivity contribution in [2.75, 3.05) is 0 Å². The van der Waals surface area contributed by atoms with Crippen LogP contribution >= 0.6 is 0 Å². The van der Waals surface area contributed by atoms with E-state index in [1.165, 1.54) is 51.4 Å². The molecule has 0 rings (SSSR count). The highest BCUT2D eigenvalue weighted by atomic mass is 16.2. The predicted molar refractivity (Wildman–Crippen MR) is 100 cm³/mol. The van der Waals surface area contributed by atoms with Crippen LogP contribution in [0.3, 0.4) is 0 Å². The summed E-state index contributed by atoms with van der Waals surface area (Å²) in [5.41, 5.74) is 0. The van der Waals surface area contributed by atoms with Crippen molar-refractivity contribution in [1.29, 1.82) is 0 Å². The molecule has 0 N–H and O–H groups in total. The van der Waals surface area contributed by atoms with Crippen LogP contribution in [0.2, 0.25) is 0 Å². The first kappa shape index (κ1) is 23.0. The lowest BCUT2D eigenvalue weighted by Gasteiger charge is -2.02. The van der Waals surface area contributed by atoms with Crippen LogP contribution in [0.25, 0.3) is 0 Å². The summed E-state index contributed by atoms with van der Waals surface area (Å²) in [6, 6.07) is 0. The van der Waals surface area contributed by atoms with Gasteiger partial charge in [-0.15, -0.1) is 0 Å². The van der Waals surface area contributed by atoms with E-state index in [9.17, 15) is 14.4 Å². The molecule has 0 aromatic rings. The minimum absolute atomic E-state index is 0.245. The van der Waals surface area contributed by atoms with Crippen molar-refractivity contribution in [2.24, 2.45) is 0 Å². The van der Waals surface area contributed by atoms with Gasteiger partial charge in [0.15, 0.2) is 0 Å². The summed E-state index contributed by atoms with van der Waals surface area (Å²) >= 11 is 0. The molecule has 140 valence electrons. The van der Waals surface area contributed by atoms with Crippen LogP contribution in [0.4, 0.5) is 0 Å². The fourth-order valence-electron chi connectivity index (χ4n) is 2.87. The Balaban J connectivity index is 3.61. The Bertz CT molecular complexity index is 315. The van der Waals surface area contributed by atoms with Gasteiger partial charge in [0.2, 0.25) is 11.6 Å². The van der Waals surface area contributed by atoms with Gasteiger partial charge >= 0.3 is 0 Å². The molecule has 0 aromatic heterocycles. The molecule has 3 heteroatoms. The molecule has 0 unspecified atom stereocenters. The maximum Gasteiger partial charge on any atom is 0.264 e. The molecule has 24 heavy (non-hydrogen) atoms. The van der Waals surface area contributed by atoms with E-state index in [1.807, 2.05) is 0 Å². The Morgan fingerprint density at radius 2 is 0.750 bits per heavy atom. The zero-order valence-electron chi connectivity index (χ0n) is 16.0. The number of Topliss-reactive ketones (excluding diaryl/α,β-unsaturated/α-hetero) is 3. The van der Waals surface area contributed by atoms with Crippen molar-refractivity contribution in [2.45, 2.75) is 117 Å². The quantitative estimate of drug-likeness (QED) is 0.176. The van der Waals surface area contributed by atoms with E-state index in [4.69, 9.17) is 0 Å². The third-order valence-electron chi connectivity index (χ3n) is 4.52. The van der Waals surface area contributed by atoms with Gasteiger partial charge in [0, 0.05) is 12.8 Å². The monoisotopic (exact) mass is 338 g/mol. The van der Waals surface area contributed by atoms with Crippen molar-refractivity contribution < 1.29 is 14.4 Å². The molecule has 0 radical (unpaired) electrons. The van der Waals surface area contributed by atoms with E-state index in [0.717, 1.165) is 38.5 Å². The van der Waals surface area contributed by atoms with Gasteiger partial charge in [-0.3, -0.25) is 14.4 Å². The van der Waals surface area contributed by atoms with Crippen LogP contribution in [0.1, 0.15) is 117 Å². The third-order valence-corrected chi connectivity index (χ3v) is 4.52. The number of rotatable bonds is 18. The fraction of sp³-hybridized carbons (Fsp3) is 0.857. The molecule has 0 heterocycles. The van der Waals surface area contributed by atoms with Crippen molar-refractivity contribution in [3.8, 4) is 0 Å². The van der Waals surface area contributed by atoms with Crippen LogP contribution in [0.15, 0.2) is 0 Å². The summed E-state index contributed by atoms with van der Waals surface area (Å²) in [5.74, 6) is -1.71. The summed E-state index contributed by atoms with van der Waals surface area (Å²) in [5, 5.41) is 0. The number of carbonyl (C=O) groups is 3. The maximum atomic E-state index is 11.8. The second kappa shape index (κ2) is 16.9. The van der Waals surface area contributed by atoms with Crippen LogP contribution in [0.5, 0.6) is 0 Å². The Kier molecular flexibility index (Phi) is 16.2. The summed E-state index contributed by atoms with van der Waals surface area (Å²) in [6.45, 7) is 4.38. The Morgan fingerprint density at radius 1 is 0.458 bits per heavy atom. The SMILES string of the molecule is CCCCCCCCCC(=O)C(=O)C(=O)CCCCCCCCC. The van der Waals surface area contributed by atoms with Gasteiger partial charge in [0.05, 0.1) is 0 Å². The molecule has 3 nitrogen and oxygen atoms in total. The summed E-state index contributed by atoms with van der Waals surface area (Å²) in [4.78, 5) is 35.3. The van der Waals surface area contributed by atoms with Gasteiger partial charge in [-0.2, -0.15) is 0 Å². The number of ketones is 3. The lowest BCUT2D eigenvalue weighted by atomic mass is 10.0. The normalized spacial score (nSPS) is 10.8. The highest BCUT2D eigenvalue weighted by Crippen LogP contribution is 2.11. The summed E-state index contributed by atoms with van der Waals surface area (Å²) in [6.07, 6.45) is 16.1. The number of carbonyl (C=O) groups excluding carboxylic acids is 3. The molecule has 0 aliphatic carbocycles. The van der Waals surface area contributed by atoms with Crippen LogP contribution < -0.4 is 0 Å². The third kappa shape index (κ3) is 13.4. The van der Waals surface area contributed by atoms with E-state index < -0.39 is 17.3 Å². The lowest BCUT2D eigenvalue weighted by Crippen LogP contribution is -2.23. The first-order chi connectivity index (χ1) is 11.6. The minimum Gasteiger partial charge on any atom is -0.290 e. The largest absolute Gasteiger partial charge is 0.290 e. The molecule has 0 amide bonds. The summed E-state index contributed by atoms with van der Waals surface area (Å²) < 4.78 is 0. The van der Waals surface area contributed by atoms with Crippen molar-refractivity contribution in [1.82, 2.24) is 0 Å². The topological polar surface area (TPSA) is 51.2 Å². The molecular formula is C21H38O3. The lowest BCUT2D eigenvalue weighted by molar-refractivity contribution is -0.144. The first-order valence-electron chi connectivity index (χ1n) is 10.2. The molecule has 0 fully saturated rings. The highest BCUT2D eigenvalue weighted by Gasteiger charge is 2.21. The van der Waals surface area contributed by atoms with Crippen molar-refractivity contribution >= 4 is 17.3 Å². The fourth-order valence-corrected chi connectivity index (χ4v) is 2.87. The highest BCUT2D eigenvalue weighted by molar-refractivity contribution is 6.63. The number of hydrogen-bond acceptors (Lipinski definition) is 3. The van der Waals surface area contributed by atoms with Gasteiger partial charge < -0.3 is 0 Å². The molecule has 0 saturated heterocycles. The molecule has 0 aliphatic heterocycles. The van der Waals surface area contributed by atoms with E-state index >= 15 is 0 Å². The molecule has 0 aromatic carbocycles. The molecule has 0 spiro atoms. The number of hydrogen-bond donors (Lipinski definition) is 0. The van der Waals surface area contributed by atoms with E-state index in [0.29, 0.717) is 0 Å². The van der Waals surface area contributed by atoms with Crippen LogP contribution in [-0.2, 0) is 14.4 Å². The molecule has 0 saturated carbocycles. The van der Waals surface area contributed by atoms with Crippen molar-refractivity contribution in [3.63, 3.8) is 0 Å². The van der Waals surface area contributed by atoms with E-state index in [1.54, 1.807) is 0 Å². The zero-order valence-corrected chi connectivity index (χ0v) is 16.0. The van der Waals surface area contributed by atoms with E-state index in [-0.39, 0.29) is 12.8 Å². The van der Waals surface area contributed by atoms with Crippen LogP contribution in [0, 0.1) is 0 Å². The van der Waals surface area contributed by atoms with Gasteiger partial charge in [0.1, 0.15) is 0 Å². The van der Waals surface area contributed by atoms with E-state index in [2.05, 4.69) is 13.8 Å². The summed E-state index contributed by atoms with van der Waals surface area (Å²) in [7, 11) is 0. The standard InChI is InChI=1S/C21H38O3/c1-3-5-7-9-11-13-15-17-19(22)21(24)20(23)18-16-14-12-10-8-6-4-2/h3-18H2,1-2H3. The Hall–Kier alpha value is -0.990. The van der Waals surface area contributed by atoms with Crippen molar-refractivity contribution in [3.05, 3.63) is 0 Å². The maximum absolute atomic E-state index is 11.8. The van der Waals surface area contributed by atoms with Gasteiger partial charge in [-0.05, 0) is 12.8 Å². The Morgan fingerprint density at radius 3 is 1.08 bits per heavy atom. The average molecular weight is 339 g/mol. The number of unbranched alkanes of at least 4 members (excludes halogenated alkanes) is 12. The first-order valence-corrected chi connectivity index (χ1v) is 10.2. The second-order valence-electron chi connectivity index (χ2n) is 6.92. The molecule has 0 atom stereocenters. The molecular weight excluding hydrogens is 300 g/mol. The van der Waals surface area contributed by atoms with Crippen LogP contribution in [-0.4, -0.2) is 17.3 Å².